The Morgan fingerprint density at radius 1 is 1.44 bits per heavy atom. The predicted molar refractivity (Wildman–Crippen MR) is 59.1 cm³/mol. The number of halogens is 1. The third kappa shape index (κ3) is 2.82. The first kappa shape index (κ1) is 12.7. The van der Waals surface area contributed by atoms with Gasteiger partial charge in [0.1, 0.15) is 5.82 Å². The molecule has 1 aromatic rings. The summed E-state index contributed by atoms with van der Waals surface area (Å²) in [6.45, 7) is 1.72. The average Bonchev–Trinajstić information content (AvgIpc) is 2.28. The van der Waals surface area contributed by atoms with Crippen molar-refractivity contribution < 1.29 is 18.7 Å². The molecule has 1 rings (SSSR count). The van der Waals surface area contributed by atoms with Gasteiger partial charge in [0.25, 0.3) is 5.78 Å². The van der Waals surface area contributed by atoms with Crippen molar-refractivity contribution in [2.45, 2.75) is 11.8 Å². The third-order valence-electron chi connectivity index (χ3n) is 1.87. The largest absolute Gasteiger partial charge is 0.460 e. The Labute approximate surface area is 97.0 Å². The van der Waals surface area contributed by atoms with Gasteiger partial charge in [-0.1, -0.05) is 0 Å². The molecule has 0 atom stereocenters. The Hall–Kier alpha value is -1.36. The van der Waals surface area contributed by atoms with E-state index in [1.807, 2.05) is 0 Å². The Morgan fingerprint density at radius 2 is 2.12 bits per heavy atom. The Bertz CT molecular complexity index is 418. The molecule has 0 aliphatic carbocycles. The summed E-state index contributed by atoms with van der Waals surface area (Å²) in [6, 6.07) is 3.76. The second-order valence-corrected chi connectivity index (χ2v) is 3.74. The van der Waals surface area contributed by atoms with Crippen LogP contribution in [0.4, 0.5) is 4.39 Å². The van der Waals surface area contributed by atoms with Gasteiger partial charge in [0, 0.05) is 10.5 Å². The van der Waals surface area contributed by atoms with Gasteiger partial charge in [-0.25, -0.2) is 9.18 Å². The van der Waals surface area contributed by atoms with Gasteiger partial charge in [0.15, 0.2) is 0 Å². The first-order valence-corrected chi connectivity index (χ1v) is 5.87. The number of rotatable bonds is 4. The van der Waals surface area contributed by atoms with Crippen molar-refractivity contribution in [3.63, 3.8) is 0 Å². The van der Waals surface area contributed by atoms with E-state index < -0.39 is 17.6 Å². The maximum Gasteiger partial charge on any atom is 0.379 e. The molecule has 0 aliphatic heterocycles. The van der Waals surface area contributed by atoms with Crippen LogP contribution in [0.1, 0.15) is 17.3 Å². The van der Waals surface area contributed by atoms with Crippen LogP contribution in [0.15, 0.2) is 23.1 Å². The van der Waals surface area contributed by atoms with Crippen molar-refractivity contribution in [1.82, 2.24) is 0 Å². The summed E-state index contributed by atoms with van der Waals surface area (Å²) in [5, 5.41) is 0. The highest BCUT2D eigenvalue weighted by Gasteiger charge is 2.21. The molecular weight excluding hydrogens is 231 g/mol. The molecule has 1 aromatic carbocycles. The Morgan fingerprint density at radius 3 is 2.69 bits per heavy atom. The molecule has 3 nitrogen and oxygen atoms in total. The molecular formula is C11H11FO3S. The number of hydrogen-bond donors (Lipinski definition) is 0. The van der Waals surface area contributed by atoms with Gasteiger partial charge in [-0.05, 0) is 31.4 Å². The van der Waals surface area contributed by atoms with Crippen LogP contribution in [-0.2, 0) is 9.53 Å². The van der Waals surface area contributed by atoms with Crippen LogP contribution >= 0.6 is 11.8 Å². The highest BCUT2D eigenvalue weighted by molar-refractivity contribution is 7.98. The predicted octanol–water partition coefficient (Wildman–Crippen LogP) is 2.29. The number of thioether (sulfide) groups is 1. The zero-order valence-electron chi connectivity index (χ0n) is 8.95. The Kier molecular flexibility index (Phi) is 4.49. The number of esters is 1. The first-order valence-electron chi connectivity index (χ1n) is 4.65. The normalized spacial score (nSPS) is 9.94. The summed E-state index contributed by atoms with van der Waals surface area (Å²) in [5.41, 5.74) is 0.0472. The highest BCUT2D eigenvalue weighted by atomic mass is 32.2. The second kappa shape index (κ2) is 5.65. The molecule has 0 N–H and O–H groups in total. The maximum atomic E-state index is 13.0. The van der Waals surface area contributed by atoms with E-state index in [4.69, 9.17) is 0 Å². The molecule has 0 amide bonds. The molecule has 86 valence electrons. The summed E-state index contributed by atoms with van der Waals surface area (Å²) in [6.07, 6.45) is 1.75. The van der Waals surface area contributed by atoms with Crippen LogP contribution < -0.4 is 0 Å². The molecule has 0 aromatic heterocycles. The molecule has 0 spiro atoms. The molecule has 0 bridgehead atoms. The van der Waals surface area contributed by atoms with Gasteiger partial charge in [0.05, 0.1) is 6.61 Å². The quantitative estimate of drug-likeness (QED) is 0.351. The van der Waals surface area contributed by atoms with Gasteiger partial charge < -0.3 is 4.74 Å². The van der Waals surface area contributed by atoms with Crippen molar-refractivity contribution in [2.24, 2.45) is 0 Å². The maximum absolute atomic E-state index is 13.0. The number of carbonyl (C=O) groups excluding carboxylic acids is 2. The minimum atomic E-state index is -0.955. The van der Waals surface area contributed by atoms with Gasteiger partial charge in [-0.3, -0.25) is 4.79 Å². The number of hydrogen-bond acceptors (Lipinski definition) is 4. The standard InChI is InChI=1S/C11H11FO3S/c1-3-15-11(14)10(13)8-6-7(12)4-5-9(8)16-2/h4-6H,3H2,1-2H3. The zero-order chi connectivity index (χ0) is 12.1. The fourth-order valence-corrected chi connectivity index (χ4v) is 1.74. The number of ether oxygens (including phenoxy) is 1. The summed E-state index contributed by atoms with van der Waals surface area (Å²) in [4.78, 5) is 23.4. The van der Waals surface area contributed by atoms with Crippen molar-refractivity contribution >= 4 is 23.5 Å². The van der Waals surface area contributed by atoms with Crippen LogP contribution in [0, 0.1) is 5.82 Å². The van der Waals surface area contributed by atoms with Crippen molar-refractivity contribution in [2.75, 3.05) is 12.9 Å². The number of Topliss-reactive ketones (excluding diaryl/α,β-unsaturated/α-hetero) is 1. The average molecular weight is 242 g/mol. The monoisotopic (exact) mass is 242 g/mol. The van der Waals surface area contributed by atoms with E-state index in [-0.39, 0.29) is 12.2 Å². The van der Waals surface area contributed by atoms with Crippen LogP contribution in [0.25, 0.3) is 0 Å². The van der Waals surface area contributed by atoms with E-state index in [1.165, 1.54) is 23.9 Å². The van der Waals surface area contributed by atoms with E-state index in [9.17, 15) is 14.0 Å². The summed E-state index contributed by atoms with van der Waals surface area (Å²) in [5.74, 6) is -2.32. The fourth-order valence-electron chi connectivity index (χ4n) is 1.16. The van der Waals surface area contributed by atoms with Gasteiger partial charge in [-0.2, -0.15) is 0 Å². The summed E-state index contributed by atoms with van der Waals surface area (Å²) >= 11 is 1.27. The van der Waals surface area contributed by atoms with Crippen LogP contribution in [-0.4, -0.2) is 24.6 Å². The van der Waals surface area contributed by atoms with E-state index >= 15 is 0 Å². The highest BCUT2D eigenvalue weighted by Crippen LogP contribution is 2.22. The topological polar surface area (TPSA) is 43.4 Å². The zero-order valence-corrected chi connectivity index (χ0v) is 9.77. The molecule has 0 saturated carbocycles. The van der Waals surface area contributed by atoms with E-state index in [0.29, 0.717) is 4.90 Å². The first-order chi connectivity index (χ1) is 7.60. The molecule has 0 unspecified atom stereocenters. The van der Waals surface area contributed by atoms with E-state index in [1.54, 1.807) is 13.2 Å². The number of ketones is 1. The smallest absolute Gasteiger partial charge is 0.379 e. The molecule has 0 heterocycles. The molecule has 0 radical (unpaired) electrons. The van der Waals surface area contributed by atoms with Crippen LogP contribution in [0.3, 0.4) is 0 Å². The van der Waals surface area contributed by atoms with Gasteiger partial charge in [0.2, 0.25) is 0 Å². The van der Waals surface area contributed by atoms with Crippen LogP contribution in [0.2, 0.25) is 0 Å². The lowest BCUT2D eigenvalue weighted by atomic mass is 10.1. The molecule has 0 aliphatic rings. The van der Waals surface area contributed by atoms with Crippen LogP contribution in [0.5, 0.6) is 0 Å². The summed E-state index contributed by atoms with van der Waals surface area (Å²) in [7, 11) is 0. The third-order valence-corrected chi connectivity index (χ3v) is 2.66. The van der Waals surface area contributed by atoms with E-state index in [0.717, 1.165) is 6.07 Å². The lowest BCUT2D eigenvalue weighted by Gasteiger charge is -2.05. The lowest BCUT2D eigenvalue weighted by Crippen LogP contribution is -2.18. The molecule has 16 heavy (non-hydrogen) atoms. The second-order valence-electron chi connectivity index (χ2n) is 2.89. The van der Waals surface area contributed by atoms with Crippen molar-refractivity contribution in [3.8, 4) is 0 Å². The lowest BCUT2D eigenvalue weighted by molar-refractivity contribution is -0.137. The minimum Gasteiger partial charge on any atom is -0.460 e. The van der Waals surface area contributed by atoms with Gasteiger partial charge in [-0.15, -0.1) is 11.8 Å². The molecule has 0 saturated heterocycles. The van der Waals surface area contributed by atoms with E-state index in [2.05, 4.69) is 4.74 Å². The summed E-state index contributed by atoms with van der Waals surface area (Å²) < 4.78 is 17.6. The molecule has 5 heteroatoms. The SMILES string of the molecule is CCOC(=O)C(=O)c1cc(F)ccc1SC. The number of carbonyl (C=O) groups is 2. The van der Waals surface area contributed by atoms with Gasteiger partial charge >= 0.3 is 5.97 Å². The number of benzene rings is 1. The Balaban J connectivity index is 3.06. The molecule has 0 fully saturated rings. The van der Waals surface area contributed by atoms with Crippen molar-refractivity contribution in [1.29, 1.82) is 0 Å². The fraction of sp³-hybridized carbons (Fsp3) is 0.273. The minimum absolute atomic E-state index is 0.0472. The van der Waals surface area contributed by atoms with Crippen molar-refractivity contribution in [3.05, 3.63) is 29.6 Å².